The van der Waals surface area contributed by atoms with Gasteiger partial charge in [0.1, 0.15) is 11.2 Å². The highest BCUT2D eigenvalue weighted by molar-refractivity contribution is 7.92. The highest BCUT2D eigenvalue weighted by Gasteiger charge is 2.72. The normalized spacial score (nSPS) is 25.9. The third kappa shape index (κ3) is 2.41. The second-order valence-electron chi connectivity index (χ2n) is 6.12. The summed E-state index contributed by atoms with van der Waals surface area (Å²) in [4.78, 5) is 0.102. The second-order valence-corrected chi connectivity index (χ2v) is 8.19. The van der Waals surface area contributed by atoms with Crippen molar-refractivity contribution in [2.24, 2.45) is 5.41 Å². The van der Waals surface area contributed by atoms with Crippen LogP contribution in [-0.4, -0.2) is 25.4 Å². The van der Waals surface area contributed by atoms with Crippen LogP contribution in [0.15, 0.2) is 53.4 Å². The zero-order valence-corrected chi connectivity index (χ0v) is 13.8. The van der Waals surface area contributed by atoms with Gasteiger partial charge in [0.2, 0.25) is 0 Å². The average molecular weight is 345 g/mol. The van der Waals surface area contributed by atoms with Crippen LogP contribution in [0.4, 0.5) is 4.39 Å². The summed E-state index contributed by atoms with van der Waals surface area (Å²) >= 11 is 0. The van der Waals surface area contributed by atoms with Gasteiger partial charge in [-0.1, -0.05) is 29.8 Å². The molecule has 3 atom stereocenters. The first-order valence-electron chi connectivity index (χ1n) is 7.45. The van der Waals surface area contributed by atoms with Crippen molar-refractivity contribution >= 4 is 9.84 Å². The zero-order valence-electron chi connectivity index (χ0n) is 13.0. The van der Waals surface area contributed by atoms with Crippen LogP contribution in [0.25, 0.3) is 0 Å². The molecule has 0 aromatic heterocycles. The van der Waals surface area contributed by atoms with Gasteiger partial charge in [-0.15, -0.1) is 0 Å². The van der Waals surface area contributed by atoms with E-state index in [-0.39, 0.29) is 4.90 Å². The van der Waals surface area contributed by atoms with Crippen LogP contribution in [0, 0.1) is 29.5 Å². The average Bonchev–Trinajstić information content (AvgIpc) is 3.26. The summed E-state index contributed by atoms with van der Waals surface area (Å²) in [6, 6.07) is 13.8. The first kappa shape index (κ1) is 16.6. The highest BCUT2D eigenvalue weighted by atomic mass is 32.2. The minimum absolute atomic E-state index is 0.102. The standard InChI is InChI=1S/C18H16FNO3S/c1-12-5-7-15(8-6-12)24(22,23)17-16(18(17,10-20)11-21)13-3-2-4-14(19)9-13/h2-9,16-17,21H,11H2,1H3/t16-,17-,18+/m0/s1. The molecule has 0 saturated heterocycles. The van der Waals surface area contributed by atoms with Gasteiger partial charge in [0.25, 0.3) is 0 Å². The Morgan fingerprint density at radius 1 is 1.25 bits per heavy atom. The number of nitriles is 1. The van der Waals surface area contributed by atoms with Crippen LogP contribution < -0.4 is 0 Å². The Morgan fingerprint density at radius 2 is 1.92 bits per heavy atom. The highest BCUT2D eigenvalue weighted by Crippen LogP contribution is 2.63. The largest absolute Gasteiger partial charge is 0.395 e. The van der Waals surface area contributed by atoms with Crippen molar-refractivity contribution in [1.29, 1.82) is 5.26 Å². The van der Waals surface area contributed by atoms with Crippen molar-refractivity contribution in [2.75, 3.05) is 6.61 Å². The van der Waals surface area contributed by atoms with Gasteiger partial charge < -0.3 is 5.11 Å². The number of hydrogen-bond acceptors (Lipinski definition) is 4. The molecule has 1 aliphatic rings. The lowest BCUT2D eigenvalue weighted by Crippen LogP contribution is -2.18. The molecule has 0 heterocycles. The topological polar surface area (TPSA) is 78.2 Å². The number of nitrogens with zero attached hydrogens (tertiary/aromatic N) is 1. The fraction of sp³-hybridized carbons (Fsp3) is 0.278. The zero-order chi connectivity index (χ0) is 17.5. The summed E-state index contributed by atoms with van der Waals surface area (Å²) in [5.41, 5.74) is -0.122. The Bertz CT molecular complexity index is 918. The van der Waals surface area contributed by atoms with Crippen molar-refractivity contribution < 1.29 is 17.9 Å². The lowest BCUT2D eigenvalue weighted by molar-refractivity contribution is 0.242. The Balaban J connectivity index is 2.08. The molecular formula is C18H16FNO3S. The van der Waals surface area contributed by atoms with E-state index < -0.39 is 38.8 Å². The molecule has 3 rings (SSSR count). The van der Waals surface area contributed by atoms with Crippen molar-refractivity contribution in [2.45, 2.75) is 23.0 Å². The molecule has 1 fully saturated rings. The Hall–Kier alpha value is -2.23. The molecule has 2 aromatic carbocycles. The van der Waals surface area contributed by atoms with E-state index in [1.165, 1.54) is 30.3 Å². The molecule has 4 nitrogen and oxygen atoms in total. The van der Waals surface area contributed by atoms with Crippen molar-refractivity contribution in [3.8, 4) is 6.07 Å². The molecule has 0 radical (unpaired) electrons. The van der Waals surface area contributed by atoms with Crippen LogP contribution in [0.1, 0.15) is 17.0 Å². The van der Waals surface area contributed by atoms with E-state index in [0.29, 0.717) is 5.56 Å². The molecule has 6 heteroatoms. The summed E-state index contributed by atoms with van der Waals surface area (Å²) in [6.45, 7) is 1.25. The van der Waals surface area contributed by atoms with E-state index in [1.807, 2.05) is 13.0 Å². The van der Waals surface area contributed by atoms with Crippen LogP contribution in [-0.2, 0) is 9.84 Å². The van der Waals surface area contributed by atoms with E-state index in [0.717, 1.165) is 5.56 Å². The molecule has 0 aliphatic heterocycles. The molecule has 124 valence electrons. The van der Waals surface area contributed by atoms with Crippen LogP contribution in [0.5, 0.6) is 0 Å². The summed E-state index contributed by atoms with van der Waals surface area (Å²) in [7, 11) is -3.83. The maximum absolute atomic E-state index is 13.5. The lowest BCUT2D eigenvalue weighted by Gasteiger charge is -2.06. The molecule has 1 N–H and O–H groups in total. The molecular weight excluding hydrogens is 329 g/mol. The van der Waals surface area contributed by atoms with Crippen LogP contribution in [0.3, 0.4) is 0 Å². The Morgan fingerprint density at radius 3 is 2.46 bits per heavy atom. The quantitative estimate of drug-likeness (QED) is 0.924. The third-order valence-corrected chi connectivity index (χ3v) is 6.91. The van der Waals surface area contributed by atoms with Crippen LogP contribution >= 0.6 is 0 Å². The van der Waals surface area contributed by atoms with Gasteiger partial charge in [-0.3, -0.25) is 0 Å². The van der Waals surface area contributed by atoms with Gasteiger partial charge >= 0.3 is 0 Å². The van der Waals surface area contributed by atoms with Crippen molar-refractivity contribution in [1.82, 2.24) is 0 Å². The minimum atomic E-state index is -3.83. The number of benzene rings is 2. The summed E-state index contributed by atoms with van der Waals surface area (Å²) < 4.78 is 39.4. The van der Waals surface area contributed by atoms with E-state index >= 15 is 0 Å². The summed E-state index contributed by atoms with van der Waals surface area (Å²) in [6.07, 6.45) is 0. The van der Waals surface area contributed by atoms with Gasteiger partial charge in [0, 0.05) is 5.92 Å². The molecule has 1 saturated carbocycles. The number of aliphatic hydroxyl groups excluding tert-OH is 1. The predicted octanol–water partition coefficient (Wildman–Crippen LogP) is 2.58. The Labute approximate surface area is 140 Å². The predicted molar refractivity (Wildman–Crippen MR) is 86.4 cm³/mol. The molecule has 0 spiro atoms. The van der Waals surface area contributed by atoms with E-state index in [1.54, 1.807) is 18.2 Å². The fourth-order valence-corrected chi connectivity index (χ4v) is 5.58. The molecule has 2 aromatic rings. The van der Waals surface area contributed by atoms with E-state index in [4.69, 9.17) is 0 Å². The minimum Gasteiger partial charge on any atom is -0.395 e. The molecule has 0 unspecified atom stereocenters. The van der Waals surface area contributed by atoms with E-state index in [2.05, 4.69) is 0 Å². The molecule has 1 aliphatic carbocycles. The summed E-state index contributed by atoms with van der Waals surface area (Å²) in [5, 5.41) is 18.1. The maximum atomic E-state index is 13.5. The molecule has 0 amide bonds. The first-order valence-corrected chi connectivity index (χ1v) is 8.99. The van der Waals surface area contributed by atoms with Crippen LogP contribution in [0.2, 0.25) is 0 Å². The summed E-state index contributed by atoms with van der Waals surface area (Å²) in [5.74, 6) is -1.26. The lowest BCUT2D eigenvalue weighted by atomic mass is 10.0. The third-order valence-electron chi connectivity index (χ3n) is 4.62. The molecule has 24 heavy (non-hydrogen) atoms. The van der Waals surface area contributed by atoms with Crippen molar-refractivity contribution in [3.05, 3.63) is 65.5 Å². The van der Waals surface area contributed by atoms with Gasteiger partial charge in [-0.2, -0.15) is 5.26 Å². The SMILES string of the molecule is Cc1ccc(S(=O)(=O)[C@H]2[C@H](c3cccc(F)c3)[C@@]2(C#N)CO)cc1. The van der Waals surface area contributed by atoms with Gasteiger partial charge in [-0.25, -0.2) is 12.8 Å². The monoisotopic (exact) mass is 345 g/mol. The smallest absolute Gasteiger partial charge is 0.183 e. The van der Waals surface area contributed by atoms with Gasteiger partial charge in [0.05, 0.1) is 22.8 Å². The molecule has 0 bridgehead atoms. The fourth-order valence-electron chi connectivity index (χ4n) is 3.26. The van der Waals surface area contributed by atoms with E-state index in [9.17, 15) is 23.2 Å². The number of aliphatic hydroxyl groups is 1. The number of hydrogen-bond donors (Lipinski definition) is 1. The van der Waals surface area contributed by atoms with Gasteiger partial charge in [-0.05, 0) is 36.8 Å². The number of sulfone groups is 1. The van der Waals surface area contributed by atoms with Gasteiger partial charge in [0.15, 0.2) is 9.84 Å². The maximum Gasteiger partial charge on any atom is 0.183 e. The number of aryl methyl sites for hydroxylation is 1. The number of rotatable bonds is 4. The first-order chi connectivity index (χ1) is 11.4. The Kier molecular flexibility index (Phi) is 3.94. The van der Waals surface area contributed by atoms with Crippen molar-refractivity contribution in [3.63, 3.8) is 0 Å². The second kappa shape index (κ2) is 5.69. The number of halogens is 1.